The van der Waals surface area contributed by atoms with Crippen LogP contribution in [0.2, 0.25) is 0 Å². The van der Waals surface area contributed by atoms with Crippen LogP contribution in [0, 0.1) is 24.0 Å². The highest BCUT2D eigenvalue weighted by Crippen LogP contribution is 2.35. The van der Waals surface area contributed by atoms with Crippen LogP contribution in [-0.2, 0) is 18.5 Å². The number of amides is 3. The van der Waals surface area contributed by atoms with Crippen molar-refractivity contribution in [2.45, 2.75) is 32.4 Å². The van der Waals surface area contributed by atoms with Gasteiger partial charge in [0, 0.05) is 45.9 Å². The molecular formula is C62H45F9N4O5. The number of nitro benzene ring substituents is 1. The number of nitrogens with one attached hydrogen (secondary N) is 3. The van der Waals surface area contributed by atoms with Crippen LogP contribution in [0.1, 0.15) is 58.9 Å². The van der Waals surface area contributed by atoms with Gasteiger partial charge in [0.25, 0.3) is 23.4 Å². The number of hydrogen-bond acceptors (Lipinski definition) is 5. The molecular weight excluding hydrogens is 1050 g/mol. The van der Waals surface area contributed by atoms with Gasteiger partial charge in [-0.05, 0) is 143 Å². The van der Waals surface area contributed by atoms with Gasteiger partial charge in [0.15, 0.2) is 0 Å². The SMILES string of the molecule is Cc1cccc(NC(=O)c2ccccc2-c2ccc(C(F)(F)F)cc2)c1.Cc1cccc(NC(=O)c2ccccc2-c2ccc(C(F)(F)F)cc2)c1.O=C(Nc1cccc([N+](=O)[O-])c1)c1ccccc1-c1ccc(C(F)(F)F)cc1. The third kappa shape index (κ3) is 15.4. The van der Waals surface area contributed by atoms with E-state index in [-0.39, 0.29) is 28.8 Å². The largest absolute Gasteiger partial charge is 0.416 e. The van der Waals surface area contributed by atoms with Crippen LogP contribution < -0.4 is 16.0 Å². The number of non-ortho nitro benzene ring substituents is 1. The molecule has 0 aromatic heterocycles. The Kier molecular flexibility index (Phi) is 18.1. The van der Waals surface area contributed by atoms with Crippen LogP contribution >= 0.6 is 0 Å². The van der Waals surface area contributed by atoms with Crippen LogP contribution in [-0.4, -0.2) is 22.6 Å². The van der Waals surface area contributed by atoms with Gasteiger partial charge in [-0.2, -0.15) is 39.5 Å². The van der Waals surface area contributed by atoms with Gasteiger partial charge in [0.2, 0.25) is 0 Å². The molecule has 0 saturated carbocycles. The van der Waals surface area contributed by atoms with Gasteiger partial charge in [0.1, 0.15) is 0 Å². The maximum absolute atomic E-state index is 12.7. The van der Waals surface area contributed by atoms with E-state index in [9.17, 15) is 64.0 Å². The van der Waals surface area contributed by atoms with Gasteiger partial charge < -0.3 is 16.0 Å². The molecule has 9 aromatic rings. The summed E-state index contributed by atoms with van der Waals surface area (Å²) in [5, 5.41) is 19.1. The monoisotopic (exact) mass is 1100 g/mol. The number of rotatable bonds is 10. The molecule has 0 fully saturated rings. The molecule has 0 unspecified atom stereocenters. The molecule has 0 saturated heterocycles. The molecule has 0 aliphatic heterocycles. The minimum atomic E-state index is -4.45. The summed E-state index contributed by atoms with van der Waals surface area (Å²) in [5.41, 5.74) is 5.36. The first kappa shape index (κ1) is 57.9. The Balaban J connectivity index is 0.000000174. The first-order valence-electron chi connectivity index (χ1n) is 24.1. The standard InChI is InChI=1S/2C21H16F3NO.C20H13F3N2O3/c2*1-14-5-4-6-17(13-14)25-20(26)19-8-3-2-7-18(19)15-9-11-16(12-10-15)21(22,23)24;21-20(22,23)14-10-8-13(9-11-14)17-6-1-2-7-18(17)19(26)24-15-4-3-5-16(12-15)25(27)28/h2*2-13H,1H3,(H,25,26);1-12H,(H,24,26). The summed E-state index contributed by atoms with van der Waals surface area (Å²) in [6.45, 7) is 3.84. The highest BCUT2D eigenvalue weighted by atomic mass is 19.4. The number of carbonyl (C=O) groups excluding carboxylic acids is 3. The van der Waals surface area contributed by atoms with Crippen molar-refractivity contribution in [1.29, 1.82) is 0 Å². The number of aryl methyl sites for hydroxylation is 2. The number of alkyl halides is 9. The molecule has 0 atom stereocenters. The quantitative estimate of drug-likeness (QED) is 0.0713. The highest BCUT2D eigenvalue weighted by molar-refractivity contribution is 6.10. The van der Waals surface area contributed by atoms with E-state index in [4.69, 9.17) is 0 Å². The summed E-state index contributed by atoms with van der Waals surface area (Å²) in [7, 11) is 0. The van der Waals surface area contributed by atoms with E-state index in [0.29, 0.717) is 55.9 Å². The molecule has 406 valence electrons. The lowest BCUT2D eigenvalue weighted by Gasteiger charge is -2.12. The van der Waals surface area contributed by atoms with Crippen molar-refractivity contribution >= 4 is 40.5 Å². The Morgan fingerprint density at radius 2 is 0.637 bits per heavy atom. The minimum absolute atomic E-state index is 0.172. The molecule has 3 amide bonds. The Morgan fingerprint density at radius 3 is 0.912 bits per heavy atom. The Morgan fingerprint density at radius 1 is 0.362 bits per heavy atom. The fourth-order valence-electron chi connectivity index (χ4n) is 8.05. The van der Waals surface area contributed by atoms with Gasteiger partial charge in [-0.15, -0.1) is 0 Å². The molecule has 18 heteroatoms. The minimum Gasteiger partial charge on any atom is -0.322 e. The molecule has 80 heavy (non-hydrogen) atoms. The second-order valence-electron chi connectivity index (χ2n) is 17.8. The maximum Gasteiger partial charge on any atom is 0.416 e. The van der Waals surface area contributed by atoms with Crippen molar-refractivity contribution in [2.75, 3.05) is 16.0 Å². The zero-order valence-corrected chi connectivity index (χ0v) is 42.2. The van der Waals surface area contributed by atoms with Crippen molar-refractivity contribution in [1.82, 2.24) is 0 Å². The Hall–Kier alpha value is -9.84. The fourth-order valence-corrected chi connectivity index (χ4v) is 8.05. The van der Waals surface area contributed by atoms with Gasteiger partial charge in [-0.25, -0.2) is 0 Å². The third-order valence-corrected chi connectivity index (χ3v) is 12.0. The summed E-state index contributed by atoms with van der Waals surface area (Å²) in [6.07, 6.45) is -13.2. The molecule has 3 N–H and O–H groups in total. The van der Waals surface area contributed by atoms with E-state index in [1.165, 1.54) is 66.7 Å². The Labute approximate surface area is 452 Å². The van der Waals surface area contributed by atoms with Crippen LogP contribution in [0.3, 0.4) is 0 Å². The van der Waals surface area contributed by atoms with Crippen molar-refractivity contribution < 1.29 is 58.8 Å². The zero-order valence-electron chi connectivity index (χ0n) is 42.2. The number of benzene rings is 9. The average molecular weight is 1100 g/mol. The van der Waals surface area contributed by atoms with Gasteiger partial charge in [-0.1, -0.05) is 121 Å². The first-order valence-corrected chi connectivity index (χ1v) is 24.1. The van der Waals surface area contributed by atoms with Crippen LogP contribution in [0.25, 0.3) is 33.4 Å². The molecule has 0 spiro atoms. The molecule has 0 bridgehead atoms. The zero-order chi connectivity index (χ0) is 57.8. The van der Waals surface area contributed by atoms with Gasteiger partial charge in [0.05, 0.1) is 21.6 Å². The predicted molar refractivity (Wildman–Crippen MR) is 290 cm³/mol. The lowest BCUT2D eigenvalue weighted by Crippen LogP contribution is -2.13. The summed E-state index contributed by atoms with van der Waals surface area (Å²) in [4.78, 5) is 48.2. The molecule has 0 heterocycles. The van der Waals surface area contributed by atoms with Crippen LogP contribution in [0.4, 0.5) is 62.3 Å². The highest BCUT2D eigenvalue weighted by Gasteiger charge is 2.32. The summed E-state index contributed by atoms with van der Waals surface area (Å²) in [6, 6.07) is 54.4. The number of hydrogen-bond donors (Lipinski definition) is 3. The molecule has 9 rings (SSSR count). The number of carbonyl (C=O) groups is 3. The van der Waals surface area contributed by atoms with Crippen LogP contribution in [0.5, 0.6) is 0 Å². The van der Waals surface area contributed by atoms with E-state index < -0.39 is 46.0 Å². The maximum atomic E-state index is 12.7. The van der Waals surface area contributed by atoms with Crippen molar-refractivity contribution in [3.63, 3.8) is 0 Å². The lowest BCUT2D eigenvalue weighted by molar-refractivity contribution is -0.384. The Bertz CT molecular complexity index is 3500. The summed E-state index contributed by atoms with van der Waals surface area (Å²) in [5.74, 6) is -1.16. The molecule has 0 radical (unpaired) electrons. The number of halogens is 9. The first-order chi connectivity index (χ1) is 37.9. The number of nitrogens with zero attached hydrogens (tertiary/aromatic N) is 1. The van der Waals surface area contributed by atoms with E-state index >= 15 is 0 Å². The number of anilines is 3. The van der Waals surface area contributed by atoms with Crippen LogP contribution in [0.15, 0.2) is 218 Å². The smallest absolute Gasteiger partial charge is 0.322 e. The predicted octanol–water partition coefficient (Wildman–Crippen LogP) is 17.4. The topological polar surface area (TPSA) is 130 Å². The molecule has 0 aliphatic carbocycles. The summed E-state index contributed by atoms with van der Waals surface area (Å²) < 4.78 is 115. The van der Waals surface area contributed by atoms with E-state index in [0.717, 1.165) is 47.5 Å². The van der Waals surface area contributed by atoms with E-state index in [1.807, 2.05) is 50.2 Å². The third-order valence-electron chi connectivity index (χ3n) is 12.0. The van der Waals surface area contributed by atoms with Gasteiger partial charge in [-0.3, -0.25) is 24.5 Å². The molecule has 9 nitrogen and oxygen atoms in total. The van der Waals surface area contributed by atoms with E-state index in [1.54, 1.807) is 78.9 Å². The van der Waals surface area contributed by atoms with Crippen molar-refractivity contribution in [3.8, 4) is 33.4 Å². The second-order valence-corrected chi connectivity index (χ2v) is 17.8. The lowest BCUT2D eigenvalue weighted by atomic mass is 9.98. The van der Waals surface area contributed by atoms with Crippen molar-refractivity contribution in [2.24, 2.45) is 0 Å². The molecule has 0 aliphatic rings. The normalized spacial score (nSPS) is 11.2. The fraction of sp³-hybridized carbons (Fsp3) is 0.0806. The summed E-state index contributed by atoms with van der Waals surface area (Å²) >= 11 is 0. The second kappa shape index (κ2) is 25.1. The average Bonchev–Trinajstić information content (AvgIpc) is 3.45. The van der Waals surface area contributed by atoms with E-state index in [2.05, 4.69) is 16.0 Å². The van der Waals surface area contributed by atoms with Crippen molar-refractivity contribution in [3.05, 3.63) is 273 Å². The molecule has 9 aromatic carbocycles. The number of nitro groups is 1. The van der Waals surface area contributed by atoms with Gasteiger partial charge >= 0.3 is 18.5 Å².